The molecule has 0 unspecified atom stereocenters. The third-order valence-corrected chi connectivity index (χ3v) is 3.21. The van der Waals surface area contributed by atoms with Crippen LogP contribution in [0.5, 0.6) is 0 Å². The van der Waals surface area contributed by atoms with Crippen molar-refractivity contribution in [3.05, 3.63) is 24.3 Å². The first-order valence-electron chi connectivity index (χ1n) is 4.77. The average molecular weight is 211 g/mol. The van der Waals surface area contributed by atoms with Crippen LogP contribution in [0.25, 0.3) is 0 Å². The van der Waals surface area contributed by atoms with Crippen molar-refractivity contribution in [2.24, 2.45) is 0 Å². The van der Waals surface area contributed by atoms with Gasteiger partial charge >= 0.3 is 0 Å². The van der Waals surface area contributed by atoms with Crippen LogP contribution in [0, 0.1) is 0 Å². The minimum absolute atomic E-state index is 0.407. The molecule has 0 atom stereocenters. The fourth-order valence-electron chi connectivity index (χ4n) is 1.78. The molecular weight excluding hydrogens is 198 g/mol. The number of thiol groups is 1. The Hall–Kier alpha value is -1.03. The summed E-state index contributed by atoms with van der Waals surface area (Å²) in [7, 11) is -2.45. The molecule has 4 heteroatoms. The highest BCUT2D eigenvalue weighted by Gasteiger charge is 2.12. The third-order valence-electron chi connectivity index (χ3n) is 2.51. The molecule has 0 amide bonds. The van der Waals surface area contributed by atoms with Gasteiger partial charge in [0.25, 0.3) is 0 Å². The van der Waals surface area contributed by atoms with E-state index in [1.165, 1.54) is 12.8 Å². The van der Waals surface area contributed by atoms with E-state index in [0.29, 0.717) is 4.90 Å². The average Bonchev–Trinajstić information content (AvgIpc) is 2.71. The molecule has 0 aliphatic carbocycles. The van der Waals surface area contributed by atoms with Crippen LogP contribution in [0.2, 0.25) is 0 Å². The molecule has 0 radical (unpaired) electrons. The zero-order valence-corrected chi connectivity index (χ0v) is 8.74. The first-order valence-corrected chi connectivity index (χ1v) is 5.94. The van der Waals surface area contributed by atoms with Gasteiger partial charge in [-0.05, 0) is 31.0 Å². The minimum atomic E-state index is -2.45. The summed E-state index contributed by atoms with van der Waals surface area (Å²) in [4.78, 5) is 2.63. The van der Waals surface area contributed by atoms with Crippen LogP contribution in [0.1, 0.15) is 12.8 Å². The van der Waals surface area contributed by atoms with Gasteiger partial charge < -0.3 is 4.90 Å². The smallest absolute Gasteiger partial charge is 0.168 e. The first kappa shape index (κ1) is 9.52. The SMILES string of the molecule is O=[SH](=O)c1cccc(N2CCCC2)c1. The monoisotopic (exact) mass is 211 g/mol. The number of nitrogens with zero attached hydrogens (tertiary/aromatic N) is 1. The highest BCUT2D eigenvalue weighted by molar-refractivity contribution is 7.72. The molecule has 1 aromatic rings. The molecule has 1 heterocycles. The van der Waals surface area contributed by atoms with E-state index in [-0.39, 0.29) is 0 Å². The fourth-order valence-corrected chi connectivity index (χ4v) is 2.22. The summed E-state index contributed by atoms with van der Waals surface area (Å²) < 4.78 is 21.6. The van der Waals surface area contributed by atoms with Crippen LogP contribution >= 0.6 is 0 Å². The predicted molar refractivity (Wildman–Crippen MR) is 56.5 cm³/mol. The highest BCUT2D eigenvalue weighted by Crippen LogP contribution is 2.21. The summed E-state index contributed by atoms with van der Waals surface area (Å²) in [6.45, 7) is 2.08. The van der Waals surface area contributed by atoms with Crippen LogP contribution < -0.4 is 4.90 Å². The largest absolute Gasteiger partial charge is 0.372 e. The minimum Gasteiger partial charge on any atom is -0.372 e. The van der Waals surface area contributed by atoms with E-state index in [1.807, 2.05) is 6.07 Å². The van der Waals surface area contributed by atoms with Crippen LogP contribution in [0.3, 0.4) is 0 Å². The third kappa shape index (κ3) is 1.90. The molecule has 1 aromatic carbocycles. The van der Waals surface area contributed by atoms with E-state index in [9.17, 15) is 8.42 Å². The van der Waals surface area contributed by atoms with Crippen molar-refractivity contribution in [1.82, 2.24) is 0 Å². The van der Waals surface area contributed by atoms with Crippen molar-refractivity contribution in [3.8, 4) is 0 Å². The fraction of sp³-hybridized carbons (Fsp3) is 0.400. The van der Waals surface area contributed by atoms with Crippen molar-refractivity contribution in [1.29, 1.82) is 0 Å². The quantitative estimate of drug-likeness (QED) is 0.748. The summed E-state index contributed by atoms with van der Waals surface area (Å²) in [6, 6.07) is 7.14. The van der Waals surface area contributed by atoms with Crippen LogP contribution in [0.4, 0.5) is 5.69 Å². The summed E-state index contributed by atoms with van der Waals surface area (Å²) in [5.74, 6) is 0. The first-order chi connectivity index (χ1) is 6.77. The van der Waals surface area contributed by atoms with Crippen LogP contribution in [0.15, 0.2) is 29.2 Å². The van der Waals surface area contributed by atoms with Gasteiger partial charge in [0.1, 0.15) is 0 Å². The zero-order chi connectivity index (χ0) is 9.97. The zero-order valence-electron chi connectivity index (χ0n) is 7.85. The van der Waals surface area contributed by atoms with Gasteiger partial charge in [0.15, 0.2) is 10.7 Å². The molecule has 1 saturated heterocycles. The maximum atomic E-state index is 10.8. The van der Waals surface area contributed by atoms with Gasteiger partial charge in [0, 0.05) is 18.8 Å². The molecule has 76 valence electrons. The Morgan fingerprint density at radius 2 is 1.86 bits per heavy atom. The number of benzene rings is 1. The lowest BCUT2D eigenvalue weighted by atomic mass is 10.3. The van der Waals surface area contributed by atoms with Gasteiger partial charge in [-0.2, -0.15) is 0 Å². The lowest BCUT2D eigenvalue weighted by molar-refractivity contribution is 0.614. The maximum absolute atomic E-state index is 10.8. The van der Waals surface area contributed by atoms with Crippen LogP contribution in [-0.2, 0) is 10.7 Å². The van der Waals surface area contributed by atoms with Crippen molar-refractivity contribution < 1.29 is 8.42 Å². The molecule has 0 bridgehead atoms. The van der Waals surface area contributed by atoms with E-state index in [4.69, 9.17) is 0 Å². The Labute approximate surface area is 85.3 Å². The van der Waals surface area contributed by atoms with Crippen molar-refractivity contribution >= 4 is 16.4 Å². The Morgan fingerprint density at radius 3 is 2.50 bits per heavy atom. The number of anilines is 1. The number of rotatable bonds is 2. The highest BCUT2D eigenvalue weighted by atomic mass is 32.2. The molecule has 0 N–H and O–H groups in total. The lowest BCUT2D eigenvalue weighted by Gasteiger charge is -2.17. The molecular formula is C10H13NO2S. The van der Waals surface area contributed by atoms with Gasteiger partial charge in [-0.25, -0.2) is 8.42 Å². The summed E-state index contributed by atoms with van der Waals surface area (Å²) >= 11 is 0. The van der Waals surface area contributed by atoms with E-state index in [2.05, 4.69) is 4.90 Å². The molecule has 0 spiro atoms. The van der Waals surface area contributed by atoms with E-state index < -0.39 is 10.7 Å². The van der Waals surface area contributed by atoms with Crippen molar-refractivity contribution in [3.63, 3.8) is 0 Å². The van der Waals surface area contributed by atoms with Gasteiger partial charge in [0.2, 0.25) is 0 Å². The normalized spacial score (nSPS) is 16.5. The molecule has 1 aliphatic rings. The second kappa shape index (κ2) is 4.00. The van der Waals surface area contributed by atoms with Gasteiger partial charge in [-0.1, -0.05) is 6.07 Å². The topological polar surface area (TPSA) is 37.4 Å². The molecule has 3 nitrogen and oxygen atoms in total. The van der Waals surface area contributed by atoms with Gasteiger partial charge in [-0.15, -0.1) is 0 Å². The number of hydrogen-bond donors (Lipinski definition) is 1. The molecule has 0 saturated carbocycles. The summed E-state index contributed by atoms with van der Waals surface area (Å²) in [6.07, 6.45) is 2.40. The molecule has 1 aliphatic heterocycles. The van der Waals surface area contributed by atoms with E-state index in [1.54, 1.807) is 18.2 Å². The van der Waals surface area contributed by atoms with E-state index >= 15 is 0 Å². The van der Waals surface area contributed by atoms with Crippen molar-refractivity contribution in [2.45, 2.75) is 17.7 Å². The Balaban J connectivity index is 2.29. The van der Waals surface area contributed by atoms with Gasteiger partial charge in [0.05, 0.1) is 4.90 Å². The summed E-state index contributed by atoms with van der Waals surface area (Å²) in [5.41, 5.74) is 1.03. The van der Waals surface area contributed by atoms with Crippen LogP contribution in [-0.4, -0.2) is 21.5 Å². The Morgan fingerprint density at radius 1 is 1.14 bits per heavy atom. The van der Waals surface area contributed by atoms with Crippen molar-refractivity contribution in [2.75, 3.05) is 18.0 Å². The maximum Gasteiger partial charge on any atom is 0.168 e. The molecule has 2 rings (SSSR count). The standard InChI is InChI=1S/C10H13NO2S/c12-14(13)10-5-3-4-9(8-10)11-6-1-2-7-11/h3-5,8,14H,1-2,6-7H2. The Bertz CT molecular complexity index is 387. The number of hydrogen-bond acceptors (Lipinski definition) is 3. The lowest BCUT2D eigenvalue weighted by Crippen LogP contribution is -2.17. The second-order valence-electron chi connectivity index (χ2n) is 3.47. The van der Waals surface area contributed by atoms with E-state index in [0.717, 1.165) is 18.8 Å². The Kier molecular flexibility index (Phi) is 2.72. The summed E-state index contributed by atoms with van der Waals surface area (Å²) in [5, 5.41) is 0. The second-order valence-corrected chi connectivity index (χ2v) is 4.50. The molecule has 0 aromatic heterocycles. The molecule has 1 fully saturated rings. The predicted octanol–water partition coefficient (Wildman–Crippen LogP) is 1.26. The molecule has 14 heavy (non-hydrogen) atoms. The van der Waals surface area contributed by atoms with Gasteiger partial charge in [-0.3, -0.25) is 0 Å².